The van der Waals surface area contributed by atoms with Gasteiger partial charge in [0.1, 0.15) is 6.79 Å². The monoisotopic (exact) mass is 490 g/mol. The van der Waals surface area contributed by atoms with Gasteiger partial charge in [-0.25, -0.2) is 0 Å². The second-order valence-electron chi connectivity index (χ2n) is 14.5. The highest BCUT2D eigenvalue weighted by Gasteiger charge is 2.77. The van der Waals surface area contributed by atoms with E-state index in [-0.39, 0.29) is 24.7 Å². The summed E-state index contributed by atoms with van der Waals surface area (Å²) in [7, 11) is 3.66. The number of hydrogen-bond acceptors (Lipinski definition) is 4. The minimum absolute atomic E-state index is 0.180. The Morgan fingerprint density at radius 3 is 2.31 bits per heavy atom. The number of methoxy groups -OCH3 is 2. The molecule has 13 atom stereocenters. The smallest absolute Gasteiger partial charge is 0.146 e. The first kappa shape index (κ1) is 26.4. The first-order valence-corrected chi connectivity index (χ1v) is 14.9. The van der Waals surface area contributed by atoms with E-state index in [0.29, 0.717) is 34.2 Å². The minimum atomic E-state index is -0.457. The third-order valence-corrected chi connectivity index (χ3v) is 13.4. The van der Waals surface area contributed by atoms with Crippen molar-refractivity contribution in [1.29, 1.82) is 0 Å². The molecule has 0 unspecified atom stereocenters. The SMILES string of the molecule is COCO[C@H]([C@@H](O)[C@@H](C)[C@H]1CC[C@H]2[C@@H]3C[C@@H](OC)[C@]45C[C@@H]4CC[C@]5(C)[C@H]3CC[C@]12C)[C@H](C)C(C)C. The summed E-state index contributed by atoms with van der Waals surface area (Å²) in [5.74, 6) is 4.90. The van der Waals surface area contributed by atoms with Crippen molar-refractivity contribution >= 4 is 0 Å². The van der Waals surface area contributed by atoms with Gasteiger partial charge in [-0.05, 0) is 110 Å². The van der Waals surface area contributed by atoms with E-state index in [9.17, 15) is 5.11 Å². The quantitative estimate of drug-likeness (QED) is 0.372. The van der Waals surface area contributed by atoms with Crippen LogP contribution in [0.4, 0.5) is 0 Å². The summed E-state index contributed by atoms with van der Waals surface area (Å²) in [5, 5.41) is 11.7. The molecule has 0 aromatic rings. The predicted octanol–water partition coefficient (Wildman–Crippen LogP) is 6.55. The first-order chi connectivity index (χ1) is 16.6. The third kappa shape index (κ3) is 3.66. The van der Waals surface area contributed by atoms with Crippen LogP contribution in [0.1, 0.15) is 92.9 Å². The van der Waals surface area contributed by atoms with E-state index in [1.165, 1.54) is 51.4 Å². The van der Waals surface area contributed by atoms with Gasteiger partial charge in [-0.1, -0.05) is 41.5 Å². The predicted molar refractivity (Wildman–Crippen MR) is 140 cm³/mol. The van der Waals surface area contributed by atoms with Gasteiger partial charge in [0.05, 0.1) is 18.3 Å². The molecule has 0 bridgehead atoms. The Morgan fingerprint density at radius 1 is 0.943 bits per heavy atom. The van der Waals surface area contributed by atoms with E-state index in [2.05, 4.69) is 41.5 Å². The van der Waals surface area contributed by atoms with Crippen molar-refractivity contribution in [3.63, 3.8) is 0 Å². The molecule has 202 valence electrons. The van der Waals surface area contributed by atoms with Crippen LogP contribution in [0.2, 0.25) is 0 Å². The standard InChI is InChI=1S/C31H54O4/c1-18(2)19(3)28(35-17-33-7)27(32)20(4)23-9-10-24-22-15-26(34-8)31-16-21(31)11-14-30(31,6)25(22)12-13-29(23,24)5/h18-28,32H,9-17H2,1-8H3/t19-,20+,21+,22+,23-,24+,25+,26-,27+,28+,29-,30-,31+/m1/s1. The van der Waals surface area contributed by atoms with E-state index < -0.39 is 6.10 Å². The van der Waals surface area contributed by atoms with Gasteiger partial charge in [-0.2, -0.15) is 0 Å². The van der Waals surface area contributed by atoms with E-state index in [0.717, 1.165) is 23.7 Å². The third-order valence-electron chi connectivity index (χ3n) is 13.4. The maximum Gasteiger partial charge on any atom is 0.146 e. The van der Waals surface area contributed by atoms with Crippen LogP contribution in [0.3, 0.4) is 0 Å². The topological polar surface area (TPSA) is 47.9 Å². The van der Waals surface area contributed by atoms with Gasteiger partial charge in [0.25, 0.3) is 0 Å². The fraction of sp³-hybridized carbons (Fsp3) is 1.00. The molecule has 0 amide bonds. The highest BCUT2D eigenvalue weighted by molar-refractivity contribution is 5.26. The van der Waals surface area contributed by atoms with Gasteiger partial charge in [0, 0.05) is 19.6 Å². The zero-order valence-electron chi connectivity index (χ0n) is 23.9. The molecule has 0 aromatic heterocycles. The van der Waals surface area contributed by atoms with E-state index in [4.69, 9.17) is 14.2 Å². The highest BCUT2D eigenvalue weighted by Crippen LogP contribution is 2.82. The Morgan fingerprint density at radius 2 is 1.69 bits per heavy atom. The van der Waals surface area contributed by atoms with Crippen LogP contribution < -0.4 is 0 Å². The largest absolute Gasteiger partial charge is 0.390 e. The molecule has 4 heteroatoms. The summed E-state index contributed by atoms with van der Waals surface area (Å²) in [6.07, 6.45) is 10.7. The molecule has 5 saturated carbocycles. The second kappa shape index (κ2) is 9.24. The summed E-state index contributed by atoms with van der Waals surface area (Å²) >= 11 is 0. The van der Waals surface area contributed by atoms with Crippen LogP contribution in [0, 0.1) is 63.6 Å². The van der Waals surface area contributed by atoms with Crippen LogP contribution in [0.5, 0.6) is 0 Å². The van der Waals surface area contributed by atoms with Crippen molar-refractivity contribution in [2.24, 2.45) is 63.6 Å². The van der Waals surface area contributed by atoms with Crippen molar-refractivity contribution in [3.8, 4) is 0 Å². The molecule has 0 aromatic carbocycles. The zero-order chi connectivity index (χ0) is 25.3. The number of ether oxygens (including phenoxy) is 3. The second-order valence-corrected chi connectivity index (χ2v) is 14.5. The lowest BCUT2D eigenvalue weighted by Gasteiger charge is -2.61. The number of rotatable bonds is 9. The molecule has 5 aliphatic carbocycles. The molecular weight excluding hydrogens is 436 g/mol. The molecule has 1 spiro atoms. The molecule has 0 heterocycles. The van der Waals surface area contributed by atoms with Crippen LogP contribution >= 0.6 is 0 Å². The van der Waals surface area contributed by atoms with E-state index in [1.54, 1.807) is 7.11 Å². The van der Waals surface area contributed by atoms with Crippen molar-refractivity contribution in [2.75, 3.05) is 21.0 Å². The van der Waals surface area contributed by atoms with Gasteiger partial charge in [0.15, 0.2) is 0 Å². The molecular formula is C31H54O4. The molecule has 5 fully saturated rings. The van der Waals surface area contributed by atoms with Gasteiger partial charge in [0.2, 0.25) is 0 Å². The summed E-state index contributed by atoms with van der Waals surface area (Å²) in [4.78, 5) is 0. The molecule has 0 aliphatic heterocycles. The summed E-state index contributed by atoms with van der Waals surface area (Å²) < 4.78 is 17.7. The number of fused-ring (bicyclic) bond motifs is 4. The zero-order valence-corrected chi connectivity index (χ0v) is 23.9. The molecule has 0 saturated heterocycles. The maximum absolute atomic E-state index is 11.7. The van der Waals surface area contributed by atoms with Gasteiger partial charge >= 0.3 is 0 Å². The van der Waals surface area contributed by atoms with Crippen molar-refractivity contribution < 1.29 is 19.3 Å². The van der Waals surface area contributed by atoms with Crippen LogP contribution in [-0.2, 0) is 14.2 Å². The summed E-state index contributed by atoms with van der Waals surface area (Å²) in [5.41, 5.74) is 1.30. The Kier molecular flexibility index (Phi) is 6.98. The average Bonchev–Trinajstić information content (AvgIpc) is 3.34. The fourth-order valence-electron chi connectivity index (χ4n) is 11.1. The van der Waals surface area contributed by atoms with E-state index in [1.807, 2.05) is 7.11 Å². The normalized spacial score (nSPS) is 49.5. The average molecular weight is 491 g/mol. The summed E-state index contributed by atoms with van der Waals surface area (Å²) in [6, 6.07) is 0. The molecule has 1 N–H and O–H groups in total. The Hall–Kier alpha value is -0.160. The van der Waals surface area contributed by atoms with Crippen molar-refractivity contribution in [1.82, 2.24) is 0 Å². The fourth-order valence-corrected chi connectivity index (χ4v) is 11.1. The first-order valence-electron chi connectivity index (χ1n) is 14.9. The van der Waals surface area contributed by atoms with Crippen LogP contribution in [-0.4, -0.2) is 44.4 Å². The maximum atomic E-state index is 11.7. The molecule has 0 radical (unpaired) electrons. The lowest BCUT2D eigenvalue weighted by Crippen LogP contribution is -2.57. The van der Waals surface area contributed by atoms with E-state index >= 15 is 0 Å². The number of aliphatic hydroxyl groups excluding tert-OH is 1. The van der Waals surface area contributed by atoms with Gasteiger partial charge < -0.3 is 19.3 Å². The highest BCUT2D eigenvalue weighted by atomic mass is 16.7. The Bertz CT molecular complexity index is 769. The lowest BCUT2D eigenvalue weighted by atomic mass is 9.45. The molecule has 4 nitrogen and oxygen atoms in total. The Balaban J connectivity index is 1.37. The molecule has 5 rings (SSSR count). The van der Waals surface area contributed by atoms with Crippen molar-refractivity contribution in [3.05, 3.63) is 0 Å². The summed E-state index contributed by atoms with van der Waals surface area (Å²) in [6.45, 7) is 14.5. The van der Waals surface area contributed by atoms with Crippen molar-refractivity contribution in [2.45, 2.75) is 111 Å². The number of aliphatic hydroxyl groups is 1. The number of hydrogen-bond donors (Lipinski definition) is 1. The van der Waals surface area contributed by atoms with Crippen LogP contribution in [0.15, 0.2) is 0 Å². The Labute approximate surface area is 215 Å². The molecule has 5 aliphatic rings. The lowest BCUT2D eigenvalue weighted by molar-refractivity contribution is -0.173. The van der Waals surface area contributed by atoms with Gasteiger partial charge in [-0.15, -0.1) is 0 Å². The molecule has 35 heavy (non-hydrogen) atoms. The van der Waals surface area contributed by atoms with Crippen LogP contribution in [0.25, 0.3) is 0 Å². The minimum Gasteiger partial charge on any atom is -0.390 e. The van der Waals surface area contributed by atoms with Gasteiger partial charge in [-0.3, -0.25) is 0 Å².